The number of nitrogens with zero attached hydrogens (tertiary/aromatic N) is 2. The third kappa shape index (κ3) is 2.83. The number of aryl methyl sites for hydroxylation is 1. The number of fused-ring (bicyclic) bond motifs is 1. The Hall–Kier alpha value is -2.67. The molecule has 3 rings (SSSR count). The predicted molar refractivity (Wildman–Crippen MR) is 89.7 cm³/mol. The van der Waals surface area contributed by atoms with E-state index in [0.717, 1.165) is 22.8 Å². The summed E-state index contributed by atoms with van der Waals surface area (Å²) in [7, 11) is 3.08. The van der Waals surface area contributed by atoms with Gasteiger partial charge in [-0.05, 0) is 36.8 Å². The van der Waals surface area contributed by atoms with Crippen LogP contribution in [0.3, 0.4) is 0 Å². The number of hydrogen-bond donors (Lipinski definition) is 1. The lowest BCUT2D eigenvalue weighted by atomic mass is 10.1. The van der Waals surface area contributed by atoms with Crippen molar-refractivity contribution < 1.29 is 14.3 Å². The number of anilines is 1. The average molecular weight is 329 g/mol. The standard InChI is InChI=1S/C16H15N3O3S/c1-9-4-6-11(15-14(9)18-23-19-15)17-16(20)10-5-7-12(21-2)13(8-10)22-3/h4-8H,1-3H3,(H,17,20). The Morgan fingerprint density at radius 1 is 1.04 bits per heavy atom. The molecule has 1 amide bonds. The molecule has 6 nitrogen and oxygen atoms in total. The molecular weight excluding hydrogens is 314 g/mol. The SMILES string of the molecule is COc1ccc(C(=O)Nc2ccc(C)c3nsnc23)cc1OC. The van der Waals surface area contributed by atoms with Crippen LogP contribution in [0.5, 0.6) is 11.5 Å². The van der Waals surface area contributed by atoms with Gasteiger partial charge in [0.05, 0.1) is 31.6 Å². The Bertz CT molecular complexity index is 876. The lowest BCUT2D eigenvalue weighted by molar-refractivity contribution is 0.102. The summed E-state index contributed by atoms with van der Waals surface area (Å²) < 4.78 is 18.9. The maximum Gasteiger partial charge on any atom is 0.255 e. The first-order chi connectivity index (χ1) is 11.1. The number of benzene rings is 2. The van der Waals surface area contributed by atoms with Crippen molar-refractivity contribution in [1.82, 2.24) is 8.75 Å². The largest absolute Gasteiger partial charge is 0.493 e. The molecule has 0 aliphatic carbocycles. The van der Waals surface area contributed by atoms with Crippen LogP contribution in [-0.2, 0) is 0 Å². The van der Waals surface area contributed by atoms with Crippen molar-refractivity contribution in [2.45, 2.75) is 6.92 Å². The molecule has 0 aliphatic rings. The number of hydrogen-bond acceptors (Lipinski definition) is 6. The van der Waals surface area contributed by atoms with Crippen molar-refractivity contribution in [3.05, 3.63) is 41.5 Å². The van der Waals surface area contributed by atoms with Gasteiger partial charge in [-0.2, -0.15) is 8.75 Å². The normalized spacial score (nSPS) is 10.6. The quantitative estimate of drug-likeness (QED) is 0.795. The van der Waals surface area contributed by atoms with E-state index in [-0.39, 0.29) is 5.91 Å². The van der Waals surface area contributed by atoms with E-state index in [4.69, 9.17) is 9.47 Å². The van der Waals surface area contributed by atoms with Crippen molar-refractivity contribution in [3.63, 3.8) is 0 Å². The summed E-state index contributed by atoms with van der Waals surface area (Å²) >= 11 is 1.13. The van der Waals surface area contributed by atoms with Crippen molar-refractivity contribution in [3.8, 4) is 11.5 Å². The number of methoxy groups -OCH3 is 2. The van der Waals surface area contributed by atoms with Crippen molar-refractivity contribution in [1.29, 1.82) is 0 Å². The highest BCUT2D eigenvalue weighted by Crippen LogP contribution is 2.29. The zero-order valence-corrected chi connectivity index (χ0v) is 13.7. The number of carbonyl (C=O) groups is 1. The van der Waals surface area contributed by atoms with Crippen LogP contribution < -0.4 is 14.8 Å². The molecule has 0 aliphatic heterocycles. The van der Waals surface area contributed by atoms with E-state index in [1.54, 1.807) is 25.3 Å². The van der Waals surface area contributed by atoms with E-state index in [2.05, 4.69) is 14.1 Å². The van der Waals surface area contributed by atoms with Crippen LogP contribution >= 0.6 is 11.7 Å². The minimum atomic E-state index is -0.246. The molecule has 0 saturated heterocycles. The highest BCUT2D eigenvalue weighted by molar-refractivity contribution is 7.00. The summed E-state index contributed by atoms with van der Waals surface area (Å²) in [4.78, 5) is 12.5. The third-order valence-corrected chi connectivity index (χ3v) is 4.04. The number of ether oxygens (including phenoxy) is 2. The number of nitrogens with one attached hydrogen (secondary N) is 1. The molecule has 0 fully saturated rings. The molecule has 23 heavy (non-hydrogen) atoms. The molecule has 3 aromatic rings. The summed E-state index contributed by atoms with van der Waals surface area (Å²) in [5, 5.41) is 2.87. The fourth-order valence-corrected chi connectivity index (χ4v) is 2.88. The van der Waals surface area contributed by atoms with Gasteiger partial charge in [-0.3, -0.25) is 4.79 Å². The highest BCUT2D eigenvalue weighted by atomic mass is 32.1. The van der Waals surface area contributed by atoms with Gasteiger partial charge in [-0.1, -0.05) is 6.07 Å². The molecule has 1 aromatic heterocycles. The lowest BCUT2D eigenvalue weighted by Crippen LogP contribution is -2.12. The van der Waals surface area contributed by atoms with E-state index in [1.807, 2.05) is 19.1 Å². The van der Waals surface area contributed by atoms with Crippen LogP contribution in [0, 0.1) is 6.92 Å². The van der Waals surface area contributed by atoms with Crippen LogP contribution in [0.25, 0.3) is 11.0 Å². The molecule has 1 heterocycles. The van der Waals surface area contributed by atoms with Crippen LogP contribution in [0.4, 0.5) is 5.69 Å². The highest BCUT2D eigenvalue weighted by Gasteiger charge is 2.14. The molecule has 0 saturated carbocycles. The lowest BCUT2D eigenvalue weighted by Gasteiger charge is -2.10. The van der Waals surface area contributed by atoms with Gasteiger partial charge in [0.15, 0.2) is 11.5 Å². The predicted octanol–water partition coefficient (Wildman–Crippen LogP) is 3.27. The first kappa shape index (κ1) is 15.2. The minimum absolute atomic E-state index is 0.246. The molecule has 2 aromatic carbocycles. The van der Waals surface area contributed by atoms with Gasteiger partial charge in [-0.15, -0.1) is 0 Å². The second kappa shape index (κ2) is 6.21. The average Bonchev–Trinajstić information content (AvgIpc) is 3.07. The molecular formula is C16H15N3O3S. The van der Waals surface area contributed by atoms with Crippen molar-refractivity contribution in [2.75, 3.05) is 19.5 Å². The van der Waals surface area contributed by atoms with Crippen LogP contribution in [0.2, 0.25) is 0 Å². The van der Waals surface area contributed by atoms with E-state index in [1.165, 1.54) is 7.11 Å². The molecule has 7 heteroatoms. The maximum absolute atomic E-state index is 12.5. The summed E-state index contributed by atoms with van der Waals surface area (Å²) in [5.74, 6) is 0.833. The molecule has 1 N–H and O–H groups in total. The van der Waals surface area contributed by atoms with Gasteiger partial charge in [0.2, 0.25) is 0 Å². The summed E-state index contributed by atoms with van der Waals surface area (Å²) in [5.41, 5.74) is 3.64. The van der Waals surface area contributed by atoms with Gasteiger partial charge < -0.3 is 14.8 Å². The Morgan fingerprint density at radius 3 is 2.52 bits per heavy atom. The van der Waals surface area contributed by atoms with Crippen LogP contribution in [-0.4, -0.2) is 28.9 Å². The Kier molecular flexibility index (Phi) is 4.12. The number of aromatic nitrogens is 2. The maximum atomic E-state index is 12.5. The van der Waals surface area contributed by atoms with Crippen molar-refractivity contribution in [2.24, 2.45) is 0 Å². The van der Waals surface area contributed by atoms with Crippen LogP contribution in [0.1, 0.15) is 15.9 Å². The molecule has 0 bridgehead atoms. The van der Waals surface area contributed by atoms with Gasteiger partial charge in [0.1, 0.15) is 11.0 Å². The molecule has 118 valence electrons. The summed E-state index contributed by atoms with van der Waals surface area (Å²) in [6.07, 6.45) is 0. The Balaban J connectivity index is 1.92. The molecule has 0 radical (unpaired) electrons. The topological polar surface area (TPSA) is 73.3 Å². The molecule has 0 unspecified atom stereocenters. The molecule has 0 spiro atoms. The van der Waals surface area contributed by atoms with Gasteiger partial charge in [-0.25, -0.2) is 0 Å². The van der Waals surface area contributed by atoms with Gasteiger partial charge in [0, 0.05) is 5.56 Å². The first-order valence-corrected chi connectivity index (χ1v) is 7.62. The fourth-order valence-electron chi connectivity index (χ4n) is 2.26. The van der Waals surface area contributed by atoms with E-state index < -0.39 is 0 Å². The zero-order chi connectivity index (χ0) is 16.4. The summed E-state index contributed by atoms with van der Waals surface area (Å²) in [6, 6.07) is 8.76. The smallest absolute Gasteiger partial charge is 0.255 e. The third-order valence-electron chi connectivity index (χ3n) is 3.51. The van der Waals surface area contributed by atoms with Gasteiger partial charge in [0.25, 0.3) is 5.91 Å². The summed E-state index contributed by atoms with van der Waals surface area (Å²) in [6.45, 7) is 1.96. The molecule has 0 atom stereocenters. The number of rotatable bonds is 4. The first-order valence-electron chi connectivity index (χ1n) is 6.89. The zero-order valence-electron chi connectivity index (χ0n) is 12.9. The monoisotopic (exact) mass is 329 g/mol. The number of carbonyl (C=O) groups excluding carboxylic acids is 1. The second-order valence-electron chi connectivity index (χ2n) is 4.92. The minimum Gasteiger partial charge on any atom is -0.493 e. The van der Waals surface area contributed by atoms with Gasteiger partial charge >= 0.3 is 0 Å². The van der Waals surface area contributed by atoms with Crippen molar-refractivity contribution >= 4 is 34.4 Å². The Labute approximate surface area is 137 Å². The Morgan fingerprint density at radius 2 is 1.78 bits per heavy atom. The van der Waals surface area contributed by atoms with Crippen LogP contribution in [0.15, 0.2) is 30.3 Å². The number of amides is 1. The van der Waals surface area contributed by atoms with E-state index >= 15 is 0 Å². The van der Waals surface area contributed by atoms with E-state index in [9.17, 15) is 4.79 Å². The van der Waals surface area contributed by atoms with E-state index in [0.29, 0.717) is 28.3 Å². The fraction of sp³-hybridized carbons (Fsp3) is 0.188. The second-order valence-corrected chi connectivity index (χ2v) is 5.44.